The highest BCUT2D eigenvalue weighted by molar-refractivity contribution is 5.08. The second-order valence-corrected chi connectivity index (χ2v) is 4.53. The molecule has 0 radical (unpaired) electrons. The van der Waals surface area contributed by atoms with Crippen LogP contribution in [0.2, 0.25) is 0 Å². The van der Waals surface area contributed by atoms with Crippen molar-refractivity contribution in [3.63, 3.8) is 0 Å². The Balaban J connectivity index is 2.14. The lowest BCUT2D eigenvalue weighted by molar-refractivity contribution is 0.139. The molecule has 1 aliphatic heterocycles. The highest BCUT2D eigenvalue weighted by Gasteiger charge is 2.49. The standard InChI is InChI=1S/C9H19N3/c1-11(2)7-4-6-5-12(3)9(7)8(6)10/h6-9H,4-5,10H2,1-3H3/t6-,7+,8-,9-/m1/s1. The molecule has 1 saturated carbocycles. The summed E-state index contributed by atoms with van der Waals surface area (Å²) in [4.78, 5) is 4.74. The predicted molar refractivity (Wildman–Crippen MR) is 50.0 cm³/mol. The zero-order chi connectivity index (χ0) is 8.88. The molecular weight excluding hydrogens is 150 g/mol. The van der Waals surface area contributed by atoms with Gasteiger partial charge >= 0.3 is 0 Å². The van der Waals surface area contributed by atoms with Gasteiger partial charge in [0, 0.05) is 24.7 Å². The average Bonchev–Trinajstić information content (AvgIpc) is 2.42. The van der Waals surface area contributed by atoms with Crippen molar-refractivity contribution in [2.45, 2.75) is 24.5 Å². The summed E-state index contributed by atoms with van der Waals surface area (Å²) < 4.78 is 0. The summed E-state index contributed by atoms with van der Waals surface area (Å²) in [5.74, 6) is 0.743. The highest BCUT2D eigenvalue weighted by atomic mass is 15.3. The second kappa shape index (κ2) is 2.69. The number of nitrogens with two attached hydrogens (primary N) is 1. The fourth-order valence-corrected chi connectivity index (χ4v) is 2.93. The maximum Gasteiger partial charge on any atom is 0.0402 e. The molecule has 2 bridgehead atoms. The van der Waals surface area contributed by atoms with Gasteiger partial charge in [0.15, 0.2) is 0 Å². The van der Waals surface area contributed by atoms with Gasteiger partial charge in [-0.05, 0) is 33.5 Å². The monoisotopic (exact) mass is 169 g/mol. The fourth-order valence-electron chi connectivity index (χ4n) is 2.93. The van der Waals surface area contributed by atoms with Crippen LogP contribution in [0.3, 0.4) is 0 Å². The lowest BCUT2D eigenvalue weighted by atomic mass is 10.1. The highest BCUT2D eigenvalue weighted by Crippen LogP contribution is 2.37. The van der Waals surface area contributed by atoms with Crippen molar-refractivity contribution in [2.75, 3.05) is 27.7 Å². The van der Waals surface area contributed by atoms with Crippen LogP contribution < -0.4 is 5.73 Å². The lowest BCUT2D eigenvalue weighted by Gasteiger charge is -2.34. The van der Waals surface area contributed by atoms with Gasteiger partial charge in [0.1, 0.15) is 0 Å². The first-order valence-corrected chi connectivity index (χ1v) is 4.73. The van der Waals surface area contributed by atoms with Crippen LogP contribution in [0.25, 0.3) is 0 Å². The van der Waals surface area contributed by atoms with Gasteiger partial charge in [-0.2, -0.15) is 0 Å². The third-order valence-electron chi connectivity index (χ3n) is 3.57. The molecule has 0 spiro atoms. The van der Waals surface area contributed by atoms with Gasteiger partial charge in [0.05, 0.1) is 0 Å². The maximum absolute atomic E-state index is 6.13. The minimum atomic E-state index is 0.419. The van der Waals surface area contributed by atoms with Crippen molar-refractivity contribution < 1.29 is 0 Å². The molecule has 2 aliphatic rings. The fraction of sp³-hybridized carbons (Fsp3) is 1.00. The van der Waals surface area contributed by atoms with Gasteiger partial charge in [-0.15, -0.1) is 0 Å². The molecule has 1 heterocycles. The summed E-state index contributed by atoms with van der Waals surface area (Å²) in [6.07, 6.45) is 1.29. The Morgan fingerprint density at radius 2 is 2.08 bits per heavy atom. The molecule has 2 N–H and O–H groups in total. The Morgan fingerprint density at radius 1 is 1.42 bits per heavy atom. The van der Waals surface area contributed by atoms with Gasteiger partial charge < -0.3 is 10.6 Å². The van der Waals surface area contributed by atoms with E-state index in [9.17, 15) is 0 Å². The van der Waals surface area contributed by atoms with Crippen LogP contribution >= 0.6 is 0 Å². The molecule has 2 rings (SSSR count). The summed E-state index contributed by atoms with van der Waals surface area (Å²) in [5.41, 5.74) is 6.13. The zero-order valence-electron chi connectivity index (χ0n) is 8.20. The molecule has 0 amide bonds. The minimum absolute atomic E-state index is 0.419. The van der Waals surface area contributed by atoms with Crippen molar-refractivity contribution in [1.82, 2.24) is 9.80 Å². The van der Waals surface area contributed by atoms with Crippen LogP contribution in [0.5, 0.6) is 0 Å². The van der Waals surface area contributed by atoms with Gasteiger partial charge in [0.2, 0.25) is 0 Å². The second-order valence-electron chi connectivity index (χ2n) is 4.53. The number of rotatable bonds is 1. The van der Waals surface area contributed by atoms with Gasteiger partial charge in [-0.3, -0.25) is 4.90 Å². The third-order valence-corrected chi connectivity index (χ3v) is 3.57. The summed E-state index contributed by atoms with van der Waals surface area (Å²) >= 11 is 0. The van der Waals surface area contributed by atoms with Gasteiger partial charge in [-0.25, -0.2) is 0 Å². The quantitative estimate of drug-likeness (QED) is 0.578. The van der Waals surface area contributed by atoms with E-state index < -0.39 is 0 Å². The molecule has 4 atom stereocenters. The Hall–Kier alpha value is -0.120. The summed E-state index contributed by atoms with van der Waals surface area (Å²) in [6.45, 7) is 1.20. The maximum atomic E-state index is 6.13. The predicted octanol–water partition coefficient (Wildman–Crippen LogP) is -0.422. The molecule has 3 nitrogen and oxygen atoms in total. The molecule has 2 fully saturated rings. The van der Waals surface area contributed by atoms with E-state index in [0.29, 0.717) is 18.1 Å². The molecular formula is C9H19N3. The van der Waals surface area contributed by atoms with Crippen LogP contribution in [0.15, 0.2) is 0 Å². The van der Waals surface area contributed by atoms with Gasteiger partial charge in [-0.1, -0.05) is 0 Å². The van der Waals surface area contributed by atoms with Crippen LogP contribution in [0.4, 0.5) is 0 Å². The third kappa shape index (κ3) is 1.00. The Labute approximate surface area is 74.5 Å². The number of likely N-dealkylation sites (tertiary alicyclic amines) is 1. The lowest BCUT2D eigenvalue weighted by Crippen LogP contribution is -2.49. The van der Waals surface area contributed by atoms with Gasteiger partial charge in [0.25, 0.3) is 0 Å². The molecule has 1 saturated heterocycles. The molecule has 70 valence electrons. The van der Waals surface area contributed by atoms with E-state index in [-0.39, 0.29) is 0 Å². The summed E-state index contributed by atoms with van der Waals surface area (Å²) in [5, 5.41) is 0. The van der Waals surface area contributed by atoms with E-state index in [1.807, 2.05) is 0 Å². The zero-order valence-corrected chi connectivity index (χ0v) is 8.20. The van der Waals surface area contributed by atoms with Crippen LogP contribution in [0.1, 0.15) is 6.42 Å². The Bertz CT molecular complexity index is 181. The largest absolute Gasteiger partial charge is 0.326 e. The van der Waals surface area contributed by atoms with Crippen molar-refractivity contribution >= 4 is 0 Å². The first-order chi connectivity index (χ1) is 5.61. The normalized spacial score (nSPS) is 47.8. The molecule has 0 aromatic carbocycles. The van der Waals surface area contributed by atoms with E-state index in [1.165, 1.54) is 13.0 Å². The van der Waals surface area contributed by atoms with E-state index in [0.717, 1.165) is 5.92 Å². The van der Waals surface area contributed by atoms with E-state index in [4.69, 9.17) is 5.73 Å². The number of nitrogens with zero attached hydrogens (tertiary/aromatic N) is 2. The topological polar surface area (TPSA) is 32.5 Å². The number of hydrogen-bond donors (Lipinski definition) is 1. The summed E-state index contributed by atoms with van der Waals surface area (Å²) in [7, 11) is 6.51. The average molecular weight is 169 g/mol. The van der Waals surface area contributed by atoms with Crippen molar-refractivity contribution in [3.8, 4) is 0 Å². The van der Waals surface area contributed by atoms with Crippen molar-refractivity contribution in [3.05, 3.63) is 0 Å². The smallest absolute Gasteiger partial charge is 0.0402 e. The minimum Gasteiger partial charge on any atom is -0.326 e. The van der Waals surface area contributed by atoms with E-state index >= 15 is 0 Å². The molecule has 0 aromatic rings. The van der Waals surface area contributed by atoms with Crippen molar-refractivity contribution in [1.29, 1.82) is 0 Å². The SMILES string of the molecule is CN(C)[C@H]1C[C@@H]2CN(C)[C@H]1[C@@H]2N. The van der Waals surface area contributed by atoms with Crippen LogP contribution in [-0.4, -0.2) is 55.6 Å². The number of hydrogen-bond acceptors (Lipinski definition) is 3. The molecule has 12 heavy (non-hydrogen) atoms. The summed E-state index contributed by atoms with van der Waals surface area (Å²) in [6, 6.07) is 1.70. The first kappa shape index (κ1) is 8.48. The van der Waals surface area contributed by atoms with E-state index in [1.54, 1.807) is 0 Å². The van der Waals surface area contributed by atoms with E-state index in [2.05, 4.69) is 30.9 Å². The Kier molecular flexibility index (Phi) is 1.90. The molecule has 0 unspecified atom stereocenters. The van der Waals surface area contributed by atoms with Crippen LogP contribution in [0, 0.1) is 5.92 Å². The Morgan fingerprint density at radius 3 is 2.42 bits per heavy atom. The number of likely N-dealkylation sites (N-methyl/N-ethyl adjacent to an activating group) is 2. The number of piperidine rings is 1. The number of fused-ring (bicyclic) bond motifs is 2. The molecule has 3 heteroatoms. The first-order valence-electron chi connectivity index (χ1n) is 4.73. The van der Waals surface area contributed by atoms with Crippen LogP contribution in [-0.2, 0) is 0 Å². The molecule has 0 aromatic heterocycles. The van der Waals surface area contributed by atoms with Crippen molar-refractivity contribution in [2.24, 2.45) is 11.7 Å². The molecule has 1 aliphatic carbocycles.